The van der Waals surface area contributed by atoms with E-state index in [0.717, 1.165) is 11.1 Å². The first-order valence-electron chi connectivity index (χ1n) is 9.08. The van der Waals surface area contributed by atoms with Crippen molar-refractivity contribution in [2.75, 3.05) is 14.1 Å². The standard InChI is InChI=1S/C22H21N3O2/c1-24-19(12-15-8-4-3-5-9-15)20(26)25(2)22(21(24)27)13-18(22)17-11-7-6-10-16(17)14-23/h3-11,18-19H,12-13H2,1-2H3. The van der Waals surface area contributed by atoms with Gasteiger partial charge in [0.1, 0.15) is 11.6 Å². The number of carbonyl (C=O) groups is 2. The van der Waals surface area contributed by atoms with Gasteiger partial charge in [0, 0.05) is 26.4 Å². The normalized spacial score (nSPS) is 27.0. The zero-order valence-electron chi connectivity index (χ0n) is 15.4. The average molecular weight is 359 g/mol. The molecule has 5 heteroatoms. The second kappa shape index (κ2) is 6.24. The maximum absolute atomic E-state index is 13.3. The predicted molar refractivity (Wildman–Crippen MR) is 101 cm³/mol. The summed E-state index contributed by atoms with van der Waals surface area (Å²) in [7, 11) is 3.44. The summed E-state index contributed by atoms with van der Waals surface area (Å²) in [5.41, 5.74) is 1.60. The molecule has 3 unspecified atom stereocenters. The van der Waals surface area contributed by atoms with Crippen LogP contribution in [-0.4, -0.2) is 47.3 Å². The highest BCUT2D eigenvalue weighted by Crippen LogP contribution is 2.58. The van der Waals surface area contributed by atoms with E-state index in [2.05, 4.69) is 6.07 Å². The van der Waals surface area contributed by atoms with E-state index in [1.807, 2.05) is 48.5 Å². The quantitative estimate of drug-likeness (QED) is 0.845. The topological polar surface area (TPSA) is 64.4 Å². The number of hydrogen-bond donors (Lipinski definition) is 0. The first-order valence-corrected chi connectivity index (χ1v) is 9.08. The molecule has 1 saturated heterocycles. The molecule has 0 aromatic heterocycles. The zero-order valence-corrected chi connectivity index (χ0v) is 15.4. The fourth-order valence-electron chi connectivity index (χ4n) is 4.37. The van der Waals surface area contributed by atoms with Crippen LogP contribution in [0.1, 0.15) is 29.0 Å². The van der Waals surface area contributed by atoms with Crippen LogP contribution < -0.4 is 0 Å². The molecule has 2 amide bonds. The Labute approximate surface area is 158 Å². The van der Waals surface area contributed by atoms with E-state index < -0.39 is 11.6 Å². The maximum atomic E-state index is 13.3. The Morgan fingerprint density at radius 2 is 1.74 bits per heavy atom. The van der Waals surface area contributed by atoms with Crippen molar-refractivity contribution in [2.45, 2.75) is 30.3 Å². The molecule has 1 aliphatic carbocycles. The molecule has 2 fully saturated rings. The van der Waals surface area contributed by atoms with E-state index in [1.54, 1.807) is 30.0 Å². The van der Waals surface area contributed by atoms with Gasteiger partial charge in [0.2, 0.25) is 11.8 Å². The summed E-state index contributed by atoms with van der Waals surface area (Å²) in [6.07, 6.45) is 1.07. The van der Waals surface area contributed by atoms with Crippen molar-refractivity contribution in [3.63, 3.8) is 0 Å². The van der Waals surface area contributed by atoms with Gasteiger partial charge in [0.15, 0.2) is 0 Å². The number of nitriles is 1. The third kappa shape index (κ3) is 2.52. The number of likely N-dealkylation sites (N-methyl/N-ethyl adjacent to an activating group) is 2. The summed E-state index contributed by atoms with van der Waals surface area (Å²) in [6.45, 7) is 0. The minimum absolute atomic E-state index is 0.0386. The highest BCUT2D eigenvalue weighted by molar-refractivity contribution is 6.03. The van der Waals surface area contributed by atoms with Crippen LogP contribution in [0.4, 0.5) is 0 Å². The Balaban J connectivity index is 1.64. The van der Waals surface area contributed by atoms with E-state index in [-0.39, 0.29) is 17.7 Å². The molecule has 27 heavy (non-hydrogen) atoms. The van der Waals surface area contributed by atoms with Gasteiger partial charge < -0.3 is 9.80 Å². The van der Waals surface area contributed by atoms with Crippen LogP contribution in [0.5, 0.6) is 0 Å². The van der Waals surface area contributed by atoms with Crippen LogP contribution in [0.3, 0.4) is 0 Å². The fourth-order valence-corrected chi connectivity index (χ4v) is 4.37. The van der Waals surface area contributed by atoms with Crippen molar-refractivity contribution in [2.24, 2.45) is 0 Å². The first kappa shape index (κ1) is 17.3. The summed E-state index contributed by atoms with van der Waals surface area (Å²) in [6, 6.07) is 18.8. The number of rotatable bonds is 3. The van der Waals surface area contributed by atoms with Crippen molar-refractivity contribution in [3.8, 4) is 6.07 Å². The third-order valence-corrected chi connectivity index (χ3v) is 6.03. The molecule has 1 saturated carbocycles. The molecule has 2 aliphatic rings. The smallest absolute Gasteiger partial charge is 0.249 e. The molecule has 1 spiro atoms. The minimum atomic E-state index is -0.855. The van der Waals surface area contributed by atoms with E-state index in [1.165, 1.54) is 0 Å². The molecule has 3 atom stereocenters. The van der Waals surface area contributed by atoms with E-state index in [0.29, 0.717) is 18.4 Å². The lowest BCUT2D eigenvalue weighted by atomic mass is 9.94. The highest BCUT2D eigenvalue weighted by Gasteiger charge is 2.69. The van der Waals surface area contributed by atoms with Crippen molar-refractivity contribution >= 4 is 11.8 Å². The van der Waals surface area contributed by atoms with Crippen molar-refractivity contribution in [1.82, 2.24) is 9.80 Å². The van der Waals surface area contributed by atoms with Gasteiger partial charge in [0.05, 0.1) is 11.6 Å². The lowest BCUT2D eigenvalue weighted by Gasteiger charge is -2.43. The molecular formula is C22H21N3O2. The van der Waals surface area contributed by atoms with Gasteiger partial charge in [-0.15, -0.1) is 0 Å². The number of nitrogens with zero attached hydrogens (tertiary/aromatic N) is 3. The van der Waals surface area contributed by atoms with Crippen LogP contribution in [0.25, 0.3) is 0 Å². The fraction of sp³-hybridized carbons (Fsp3) is 0.318. The average Bonchev–Trinajstić information content (AvgIpc) is 3.46. The molecule has 1 heterocycles. The van der Waals surface area contributed by atoms with Crippen molar-refractivity contribution < 1.29 is 9.59 Å². The number of benzene rings is 2. The Morgan fingerprint density at radius 1 is 1.07 bits per heavy atom. The molecule has 136 valence electrons. The molecule has 2 aromatic carbocycles. The molecule has 1 aliphatic heterocycles. The lowest BCUT2D eigenvalue weighted by Crippen LogP contribution is -2.65. The van der Waals surface area contributed by atoms with Gasteiger partial charge in [0.25, 0.3) is 0 Å². The van der Waals surface area contributed by atoms with Crippen LogP contribution in [-0.2, 0) is 16.0 Å². The number of hydrogen-bond acceptors (Lipinski definition) is 3. The van der Waals surface area contributed by atoms with Crippen LogP contribution >= 0.6 is 0 Å². The van der Waals surface area contributed by atoms with Gasteiger partial charge in [-0.25, -0.2) is 0 Å². The Hall–Kier alpha value is -3.13. The largest absolute Gasteiger partial charge is 0.331 e. The molecule has 2 aromatic rings. The van der Waals surface area contributed by atoms with Gasteiger partial charge in [-0.1, -0.05) is 48.5 Å². The summed E-state index contributed by atoms with van der Waals surface area (Å²) in [5, 5.41) is 9.40. The maximum Gasteiger partial charge on any atom is 0.249 e. The first-order chi connectivity index (χ1) is 13.0. The van der Waals surface area contributed by atoms with Crippen molar-refractivity contribution in [3.05, 3.63) is 71.3 Å². The highest BCUT2D eigenvalue weighted by atomic mass is 16.2. The third-order valence-electron chi connectivity index (χ3n) is 6.03. The van der Waals surface area contributed by atoms with Crippen LogP contribution in [0.2, 0.25) is 0 Å². The zero-order chi connectivity index (χ0) is 19.2. The second-order valence-corrected chi connectivity index (χ2v) is 7.40. The summed E-state index contributed by atoms with van der Waals surface area (Å²) in [4.78, 5) is 29.7. The van der Waals surface area contributed by atoms with E-state index in [4.69, 9.17) is 0 Å². The second-order valence-electron chi connectivity index (χ2n) is 7.40. The molecule has 0 bridgehead atoms. The van der Waals surface area contributed by atoms with E-state index >= 15 is 0 Å². The van der Waals surface area contributed by atoms with Gasteiger partial charge >= 0.3 is 0 Å². The van der Waals surface area contributed by atoms with Gasteiger partial charge in [-0.05, 0) is 23.6 Å². The predicted octanol–water partition coefficient (Wildman–Crippen LogP) is 2.33. The molecule has 0 N–H and O–H groups in total. The molecular weight excluding hydrogens is 338 g/mol. The molecule has 4 rings (SSSR count). The van der Waals surface area contributed by atoms with Crippen molar-refractivity contribution in [1.29, 1.82) is 5.26 Å². The Kier molecular flexibility index (Phi) is 4.00. The Morgan fingerprint density at radius 3 is 2.44 bits per heavy atom. The SMILES string of the molecule is CN1C(=O)C2(CC2c2ccccc2C#N)N(C)C(=O)C1Cc1ccccc1. The molecule has 5 nitrogen and oxygen atoms in total. The van der Waals surface area contributed by atoms with E-state index in [9.17, 15) is 14.9 Å². The number of carbonyl (C=O) groups excluding carboxylic acids is 2. The van der Waals surface area contributed by atoms with Crippen LogP contribution in [0.15, 0.2) is 54.6 Å². The Bertz CT molecular complexity index is 950. The molecule has 0 radical (unpaired) electrons. The summed E-state index contributed by atoms with van der Waals surface area (Å²) < 4.78 is 0. The summed E-state index contributed by atoms with van der Waals surface area (Å²) >= 11 is 0. The number of piperazine rings is 1. The monoisotopic (exact) mass is 359 g/mol. The minimum Gasteiger partial charge on any atom is -0.331 e. The lowest BCUT2D eigenvalue weighted by molar-refractivity contribution is -0.160. The van der Waals surface area contributed by atoms with Gasteiger partial charge in [-0.3, -0.25) is 9.59 Å². The number of amides is 2. The van der Waals surface area contributed by atoms with Crippen LogP contribution in [0, 0.1) is 11.3 Å². The summed E-state index contributed by atoms with van der Waals surface area (Å²) in [5.74, 6) is -0.212. The van der Waals surface area contributed by atoms with Gasteiger partial charge in [-0.2, -0.15) is 5.26 Å².